The van der Waals surface area contributed by atoms with E-state index in [9.17, 15) is 41.0 Å². The van der Waals surface area contributed by atoms with Gasteiger partial charge in [-0.25, -0.2) is 19.6 Å². The van der Waals surface area contributed by atoms with Gasteiger partial charge in [-0.05, 0) is 73.0 Å². The van der Waals surface area contributed by atoms with Crippen LogP contribution in [0.1, 0.15) is 52.3 Å². The van der Waals surface area contributed by atoms with E-state index in [0.29, 0.717) is 51.6 Å². The van der Waals surface area contributed by atoms with Gasteiger partial charge in [-0.3, -0.25) is 4.90 Å². The zero-order valence-electron chi connectivity index (χ0n) is 26.0. The van der Waals surface area contributed by atoms with Gasteiger partial charge in [-0.2, -0.15) is 26.3 Å². The summed E-state index contributed by atoms with van der Waals surface area (Å²) in [5.41, 5.74) is -0.834. The minimum atomic E-state index is -5.07. The van der Waals surface area contributed by atoms with Gasteiger partial charge in [0.1, 0.15) is 23.4 Å². The number of halogens is 6. The lowest BCUT2D eigenvalue weighted by molar-refractivity contribution is -0.143. The van der Waals surface area contributed by atoms with Crippen LogP contribution >= 0.6 is 0 Å². The van der Waals surface area contributed by atoms with Gasteiger partial charge in [0, 0.05) is 36.0 Å². The summed E-state index contributed by atoms with van der Waals surface area (Å²) >= 11 is 0. The number of pyridine rings is 2. The Kier molecular flexibility index (Phi) is 8.63. The fourth-order valence-electron chi connectivity index (χ4n) is 5.83. The number of rotatable bonds is 8. The molecule has 0 aliphatic carbocycles. The van der Waals surface area contributed by atoms with Crippen LogP contribution in [0.2, 0.25) is 0 Å². The maximum atomic E-state index is 13.6. The van der Waals surface area contributed by atoms with Gasteiger partial charge in [0.05, 0.1) is 36.5 Å². The SMILES string of the molecule is COc1ccc(-c2ccc(C(=O)O)nc2)cc1-c1ccc(N2CCC2)nc1CN1C(=O)O[C@H](c2cc(C(F)(F)F)cc(C(F)(F)F)c2)[C@@H]1C. The first kappa shape index (κ1) is 33.6. The van der Waals surface area contributed by atoms with Gasteiger partial charge in [-0.15, -0.1) is 0 Å². The van der Waals surface area contributed by atoms with Crippen LogP contribution in [0, 0.1) is 0 Å². The molecule has 4 aromatic rings. The Morgan fingerprint density at radius 1 is 0.939 bits per heavy atom. The lowest BCUT2D eigenvalue weighted by Crippen LogP contribution is -2.38. The molecule has 6 rings (SSSR count). The molecule has 2 aliphatic heterocycles. The van der Waals surface area contributed by atoms with Gasteiger partial charge in [0.15, 0.2) is 0 Å². The van der Waals surface area contributed by atoms with Crippen LogP contribution in [-0.2, 0) is 23.6 Å². The lowest BCUT2D eigenvalue weighted by atomic mass is 9.96. The van der Waals surface area contributed by atoms with Crippen molar-refractivity contribution in [3.8, 4) is 28.0 Å². The number of carboxylic acid groups (broad SMARTS) is 1. The third-order valence-electron chi connectivity index (χ3n) is 8.60. The fourth-order valence-corrected chi connectivity index (χ4v) is 5.83. The summed E-state index contributed by atoms with van der Waals surface area (Å²) in [6, 6.07) is 12.0. The number of aromatic nitrogens is 2. The highest BCUT2D eigenvalue weighted by Crippen LogP contribution is 2.42. The summed E-state index contributed by atoms with van der Waals surface area (Å²) in [4.78, 5) is 36.6. The van der Waals surface area contributed by atoms with Crippen molar-refractivity contribution in [1.29, 1.82) is 0 Å². The summed E-state index contributed by atoms with van der Waals surface area (Å²) in [6.45, 7) is 2.80. The number of hydrogen-bond acceptors (Lipinski definition) is 7. The van der Waals surface area contributed by atoms with Crippen molar-refractivity contribution in [2.24, 2.45) is 0 Å². The zero-order chi connectivity index (χ0) is 35.2. The molecule has 2 atom stereocenters. The van der Waals surface area contributed by atoms with Crippen molar-refractivity contribution in [3.05, 3.63) is 94.9 Å². The number of aromatic carboxylic acids is 1. The van der Waals surface area contributed by atoms with Crippen molar-refractivity contribution in [1.82, 2.24) is 14.9 Å². The molecule has 0 bridgehead atoms. The van der Waals surface area contributed by atoms with E-state index < -0.39 is 53.3 Å². The predicted molar refractivity (Wildman–Crippen MR) is 164 cm³/mol. The van der Waals surface area contributed by atoms with E-state index in [2.05, 4.69) is 4.98 Å². The average molecular weight is 687 g/mol. The molecule has 1 amide bonds. The van der Waals surface area contributed by atoms with Crippen molar-refractivity contribution >= 4 is 17.9 Å². The number of benzene rings is 2. The standard InChI is InChI=1S/C34H28F6N4O5/c1-18-30(21-12-22(33(35,36)37)15-23(13-21)34(38,39)40)49-32(47)44(18)17-27-24(6-9-29(42-27)43-10-3-11-43)25-14-19(5-8-28(25)48-2)20-4-7-26(31(45)46)41-16-20/h4-9,12-16,18,30H,3,10-11,17H2,1-2H3,(H,45,46)/t18-,30-/m0/s1. The average Bonchev–Trinajstić information content (AvgIpc) is 3.31. The highest BCUT2D eigenvalue weighted by Gasteiger charge is 2.43. The number of methoxy groups -OCH3 is 1. The minimum Gasteiger partial charge on any atom is -0.496 e. The second-order valence-corrected chi connectivity index (χ2v) is 11.7. The van der Waals surface area contributed by atoms with Crippen LogP contribution in [0.25, 0.3) is 22.3 Å². The fraction of sp³-hybridized carbons (Fsp3) is 0.294. The van der Waals surface area contributed by atoms with E-state index in [0.717, 1.165) is 19.5 Å². The van der Waals surface area contributed by atoms with Crippen molar-refractivity contribution < 1.29 is 50.5 Å². The molecular formula is C34H28F6N4O5. The maximum absolute atomic E-state index is 13.6. The Morgan fingerprint density at radius 2 is 1.61 bits per heavy atom. The summed E-state index contributed by atoms with van der Waals surface area (Å²) in [7, 11) is 1.47. The Bertz CT molecular complexity index is 1880. The van der Waals surface area contributed by atoms with E-state index >= 15 is 0 Å². The van der Waals surface area contributed by atoms with Crippen molar-refractivity contribution in [2.75, 3.05) is 25.1 Å². The van der Waals surface area contributed by atoms with Crippen LogP contribution in [0.5, 0.6) is 5.75 Å². The van der Waals surface area contributed by atoms with Crippen LogP contribution in [0.4, 0.5) is 37.0 Å². The summed E-state index contributed by atoms with van der Waals surface area (Å²) in [5, 5.41) is 9.23. The molecule has 2 aliphatic rings. The van der Waals surface area contributed by atoms with E-state index in [1.165, 1.54) is 31.2 Å². The molecule has 0 spiro atoms. The number of hydrogen-bond donors (Lipinski definition) is 1. The van der Waals surface area contributed by atoms with Gasteiger partial charge in [-0.1, -0.05) is 12.1 Å². The summed E-state index contributed by atoms with van der Waals surface area (Å²) < 4.78 is 92.8. The first-order valence-electron chi connectivity index (χ1n) is 15.0. The molecular weight excluding hydrogens is 658 g/mol. The highest BCUT2D eigenvalue weighted by molar-refractivity contribution is 5.86. The van der Waals surface area contributed by atoms with Crippen molar-refractivity contribution in [2.45, 2.75) is 44.4 Å². The van der Waals surface area contributed by atoms with E-state index in [1.807, 2.05) is 11.0 Å². The largest absolute Gasteiger partial charge is 0.496 e. The maximum Gasteiger partial charge on any atom is 0.416 e. The molecule has 256 valence electrons. The van der Waals surface area contributed by atoms with Crippen molar-refractivity contribution in [3.63, 3.8) is 0 Å². The van der Waals surface area contributed by atoms with E-state index in [1.54, 1.807) is 30.3 Å². The second kappa shape index (κ2) is 12.6. The summed E-state index contributed by atoms with van der Waals surface area (Å²) in [6.07, 6.45) is -10.1. The van der Waals surface area contributed by atoms with Crippen LogP contribution in [-0.4, -0.2) is 58.3 Å². The molecule has 2 aromatic heterocycles. The smallest absolute Gasteiger partial charge is 0.416 e. The van der Waals surface area contributed by atoms with E-state index in [-0.39, 0.29) is 18.3 Å². The molecule has 0 unspecified atom stereocenters. The first-order valence-corrected chi connectivity index (χ1v) is 15.0. The third-order valence-corrected chi connectivity index (χ3v) is 8.60. The number of nitrogens with zero attached hydrogens (tertiary/aromatic N) is 4. The lowest BCUT2D eigenvalue weighted by Gasteiger charge is -2.33. The Morgan fingerprint density at radius 3 is 2.16 bits per heavy atom. The molecule has 2 aromatic carbocycles. The number of anilines is 1. The number of carboxylic acids is 1. The molecule has 1 N–H and O–H groups in total. The Hall–Kier alpha value is -5.34. The number of amides is 1. The van der Waals surface area contributed by atoms with Gasteiger partial charge < -0.3 is 19.5 Å². The normalized spacial score (nSPS) is 17.9. The number of ether oxygens (including phenoxy) is 2. The minimum absolute atomic E-state index is 0.0261. The number of cyclic esters (lactones) is 1. The van der Waals surface area contributed by atoms with Crippen LogP contribution in [0.3, 0.4) is 0 Å². The van der Waals surface area contributed by atoms with E-state index in [4.69, 9.17) is 14.5 Å². The first-order chi connectivity index (χ1) is 23.1. The van der Waals surface area contributed by atoms with Gasteiger partial charge in [0.25, 0.3) is 0 Å². The molecule has 49 heavy (non-hydrogen) atoms. The molecule has 9 nitrogen and oxygen atoms in total. The number of carbonyl (C=O) groups excluding carboxylic acids is 1. The van der Waals surface area contributed by atoms with Gasteiger partial charge in [0.2, 0.25) is 0 Å². The summed E-state index contributed by atoms with van der Waals surface area (Å²) in [5.74, 6) is -0.110. The molecule has 0 radical (unpaired) electrons. The van der Waals surface area contributed by atoms with Crippen LogP contribution < -0.4 is 9.64 Å². The Labute approximate surface area is 275 Å². The molecule has 2 fully saturated rings. The predicted octanol–water partition coefficient (Wildman–Crippen LogP) is 7.85. The van der Waals surface area contributed by atoms with Crippen LogP contribution in [0.15, 0.2) is 66.9 Å². The third kappa shape index (κ3) is 6.69. The zero-order valence-corrected chi connectivity index (χ0v) is 26.0. The van der Waals surface area contributed by atoms with Gasteiger partial charge >= 0.3 is 24.4 Å². The monoisotopic (exact) mass is 686 g/mol. The molecule has 4 heterocycles. The molecule has 0 saturated carbocycles. The number of alkyl halides is 6. The molecule has 2 saturated heterocycles. The topological polar surface area (TPSA) is 105 Å². The Balaban J connectivity index is 1.39. The molecule has 15 heteroatoms. The highest BCUT2D eigenvalue weighted by atomic mass is 19.4. The quantitative estimate of drug-likeness (QED) is 0.187. The second-order valence-electron chi connectivity index (χ2n) is 11.7. The number of carbonyl (C=O) groups is 2.